The Morgan fingerprint density at radius 2 is 2.14 bits per heavy atom. The monoisotopic (exact) mass is 299 g/mol. The molecule has 0 aliphatic rings. The van der Waals surface area contributed by atoms with Gasteiger partial charge in [0.1, 0.15) is 6.61 Å². The van der Waals surface area contributed by atoms with Gasteiger partial charge in [-0.15, -0.1) is 0 Å². The van der Waals surface area contributed by atoms with Crippen molar-refractivity contribution < 1.29 is 23.8 Å². The normalized spacial score (nSPS) is 11.4. The van der Waals surface area contributed by atoms with E-state index in [0.29, 0.717) is 19.7 Å². The highest BCUT2D eigenvalue weighted by molar-refractivity contribution is 5.73. The van der Waals surface area contributed by atoms with Gasteiger partial charge in [-0.3, -0.25) is 4.79 Å². The molecule has 0 heterocycles. The molecule has 0 unspecified atom stereocenters. The van der Waals surface area contributed by atoms with Crippen molar-refractivity contribution in [3.8, 4) is 5.75 Å². The standard InChI is InChI=1S/C15H22FNO4/c1-15(2,14(18)19)10-21-13-5-4-11(8-12(13)16)9-17-6-7-20-3/h4-5,8,17H,6-7,9-10H2,1-3H3,(H,18,19). The Balaban J connectivity index is 2.56. The average Bonchev–Trinajstić information content (AvgIpc) is 2.42. The van der Waals surface area contributed by atoms with E-state index >= 15 is 0 Å². The van der Waals surface area contributed by atoms with Crippen LogP contribution >= 0.6 is 0 Å². The van der Waals surface area contributed by atoms with Gasteiger partial charge in [0.05, 0.1) is 12.0 Å². The lowest BCUT2D eigenvalue weighted by atomic mass is 9.95. The molecule has 0 fully saturated rings. The maximum atomic E-state index is 13.9. The number of rotatable bonds is 9. The van der Waals surface area contributed by atoms with Crippen molar-refractivity contribution in [1.82, 2.24) is 5.32 Å². The first-order valence-corrected chi connectivity index (χ1v) is 6.71. The number of carboxylic acids is 1. The van der Waals surface area contributed by atoms with Crippen molar-refractivity contribution >= 4 is 5.97 Å². The van der Waals surface area contributed by atoms with Gasteiger partial charge in [0.25, 0.3) is 0 Å². The van der Waals surface area contributed by atoms with Gasteiger partial charge >= 0.3 is 5.97 Å². The highest BCUT2D eigenvalue weighted by Crippen LogP contribution is 2.22. The Bertz CT molecular complexity index is 477. The molecule has 118 valence electrons. The van der Waals surface area contributed by atoms with Crippen molar-refractivity contribution in [2.75, 3.05) is 26.9 Å². The molecule has 0 aliphatic heterocycles. The molecule has 0 radical (unpaired) electrons. The molecule has 0 aliphatic carbocycles. The summed E-state index contributed by atoms with van der Waals surface area (Å²) in [7, 11) is 1.62. The predicted molar refractivity (Wildman–Crippen MR) is 76.9 cm³/mol. The maximum absolute atomic E-state index is 13.9. The zero-order valence-corrected chi connectivity index (χ0v) is 12.6. The predicted octanol–water partition coefficient (Wildman–Crippen LogP) is 2.05. The smallest absolute Gasteiger partial charge is 0.312 e. The number of carbonyl (C=O) groups is 1. The lowest BCUT2D eigenvalue weighted by Crippen LogP contribution is -2.30. The van der Waals surface area contributed by atoms with Crippen molar-refractivity contribution in [2.45, 2.75) is 20.4 Å². The lowest BCUT2D eigenvalue weighted by Gasteiger charge is -2.19. The molecular formula is C15H22FNO4. The second-order valence-corrected chi connectivity index (χ2v) is 5.41. The first kappa shape index (κ1) is 17.4. The Labute approximate surface area is 124 Å². The fraction of sp³-hybridized carbons (Fsp3) is 0.533. The second kappa shape index (κ2) is 7.95. The first-order chi connectivity index (χ1) is 9.86. The van der Waals surface area contributed by atoms with E-state index in [2.05, 4.69) is 5.32 Å². The van der Waals surface area contributed by atoms with Crippen LogP contribution in [0.2, 0.25) is 0 Å². The number of carboxylic acid groups (broad SMARTS) is 1. The number of aliphatic carboxylic acids is 1. The molecule has 0 aromatic heterocycles. The van der Waals surface area contributed by atoms with Gasteiger partial charge in [-0.25, -0.2) is 4.39 Å². The van der Waals surface area contributed by atoms with E-state index in [0.717, 1.165) is 5.56 Å². The number of ether oxygens (including phenoxy) is 2. The number of hydrogen-bond donors (Lipinski definition) is 2. The van der Waals surface area contributed by atoms with Gasteiger partial charge in [0, 0.05) is 20.2 Å². The molecule has 1 aromatic rings. The minimum absolute atomic E-state index is 0.0602. The highest BCUT2D eigenvalue weighted by atomic mass is 19.1. The number of hydrogen-bond acceptors (Lipinski definition) is 4. The molecule has 0 atom stereocenters. The van der Waals surface area contributed by atoms with Gasteiger partial charge in [-0.05, 0) is 31.5 Å². The molecular weight excluding hydrogens is 277 g/mol. The van der Waals surface area contributed by atoms with Gasteiger partial charge in [0.15, 0.2) is 11.6 Å². The summed E-state index contributed by atoms with van der Waals surface area (Å²) in [5.74, 6) is -1.42. The summed E-state index contributed by atoms with van der Waals surface area (Å²) in [6.45, 7) is 4.77. The van der Waals surface area contributed by atoms with Gasteiger partial charge in [0.2, 0.25) is 0 Å². The third-order valence-corrected chi connectivity index (χ3v) is 2.98. The Kier molecular flexibility index (Phi) is 6.58. The van der Waals surface area contributed by atoms with Crippen LogP contribution in [0.1, 0.15) is 19.4 Å². The molecule has 1 rings (SSSR count). The summed E-state index contributed by atoms with van der Waals surface area (Å²) in [5, 5.41) is 12.1. The Hall–Kier alpha value is -1.66. The summed E-state index contributed by atoms with van der Waals surface area (Å²) in [5.41, 5.74) is -0.277. The minimum atomic E-state index is -1.06. The van der Waals surface area contributed by atoms with Gasteiger partial charge < -0.3 is 19.9 Å². The van der Waals surface area contributed by atoms with E-state index in [1.807, 2.05) is 0 Å². The number of methoxy groups -OCH3 is 1. The number of benzene rings is 1. The first-order valence-electron chi connectivity index (χ1n) is 6.71. The third kappa shape index (κ3) is 5.69. The minimum Gasteiger partial charge on any atom is -0.489 e. The lowest BCUT2D eigenvalue weighted by molar-refractivity contribution is -0.148. The third-order valence-electron chi connectivity index (χ3n) is 2.98. The molecule has 2 N–H and O–H groups in total. The summed E-state index contributed by atoms with van der Waals surface area (Å²) in [6, 6.07) is 4.63. The van der Waals surface area contributed by atoms with Crippen LogP contribution in [0.15, 0.2) is 18.2 Å². The summed E-state index contributed by atoms with van der Waals surface area (Å²) in [6.07, 6.45) is 0. The van der Waals surface area contributed by atoms with Crippen LogP contribution in [0, 0.1) is 11.2 Å². The Morgan fingerprint density at radius 3 is 2.71 bits per heavy atom. The fourth-order valence-corrected chi connectivity index (χ4v) is 1.50. The SMILES string of the molecule is COCCNCc1ccc(OCC(C)(C)C(=O)O)c(F)c1. The molecule has 0 saturated carbocycles. The van der Waals surface area contributed by atoms with E-state index in [1.165, 1.54) is 26.0 Å². The summed E-state index contributed by atoms with van der Waals surface area (Å²) >= 11 is 0. The molecule has 0 saturated heterocycles. The van der Waals surface area contributed by atoms with Gasteiger partial charge in [-0.2, -0.15) is 0 Å². The van der Waals surface area contributed by atoms with Crippen LogP contribution in [0.3, 0.4) is 0 Å². The van der Waals surface area contributed by atoms with Crippen LogP contribution < -0.4 is 10.1 Å². The van der Waals surface area contributed by atoms with Crippen LogP contribution in [0.4, 0.5) is 4.39 Å². The van der Waals surface area contributed by atoms with E-state index in [1.54, 1.807) is 13.2 Å². The molecule has 21 heavy (non-hydrogen) atoms. The fourth-order valence-electron chi connectivity index (χ4n) is 1.50. The number of nitrogens with one attached hydrogen (secondary N) is 1. The van der Waals surface area contributed by atoms with E-state index in [9.17, 15) is 9.18 Å². The molecule has 0 bridgehead atoms. The zero-order chi connectivity index (χ0) is 15.9. The van der Waals surface area contributed by atoms with Crippen molar-refractivity contribution in [3.63, 3.8) is 0 Å². The van der Waals surface area contributed by atoms with E-state index < -0.39 is 17.2 Å². The zero-order valence-electron chi connectivity index (χ0n) is 12.6. The highest BCUT2D eigenvalue weighted by Gasteiger charge is 2.28. The van der Waals surface area contributed by atoms with E-state index in [-0.39, 0.29) is 12.4 Å². The summed E-state index contributed by atoms with van der Waals surface area (Å²) < 4.78 is 24.0. The Morgan fingerprint density at radius 1 is 1.43 bits per heavy atom. The van der Waals surface area contributed by atoms with E-state index in [4.69, 9.17) is 14.6 Å². The van der Waals surface area contributed by atoms with Crippen LogP contribution in [0.25, 0.3) is 0 Å². The summed E-state index contributed by atoms with van der Waals surface area (Å²) in [4.78, 5) is 11.0. The second-order valence-electron chi connectivity index (χ2n) is 5.41. The van der Waals surface area contributed by atoms with Gasteiger partial charge in [-0.1, -0.05) is 6.07 Å². The topological polar surface area (TPSA) is 67.8 Å². The maximum Gasteiger partial charge on any atom is 0.312 e. The van der Waals surface area contributed by atoms with Crippen LogP contribution in [-0.4, -0.2) is 37.9 Å². The molecule has 6 heteroatoms. The van der Waals surface area contributed by atoms with Crippen LogP contribution in [-0.2, 0) is 16.1 Å². The average molecular weight is 299 g/mol. The van der Waals surface area contributed by atoms with Crippen molar-refractivity contribution in [1.29, 1.82) is 0 Å². The van der Waals surface area contributed by atoms with Crippen LogP contribution in [0.5, 0.6) is 5.75 Å². The van der Waals surface area contributed by atoms with Crippen molar-refractivity contribution in [2.24, 2.45) is 5.41 Å². The quantitative estimate of drug-likeness (QED) is 0.683. The molecule has 5 nitrogen and oxygen atoms in total. The molecule has 0 amide bonds. The molecule has 0 spiro atoms. The van der Waals surface area contributed by atoms with Crippen molar-refractivity contribution in [3.05, 3.63) is 29.6 Å². The number of halogens is 1. The molecule has 1 aromatic carbocycles. The largest absolute Gasteiger partial charge is 0.489 e.